The highest BCUT2D eigenvalue weighted by molar-refractivity contribution is 7.89. The maximum absolute atomic E-state index is 14.3. The van der Waals surface area contributed by atoms with Crippen molar-refractivity contribution < 1.29 is 18.3 Å². The fourth-order valence-electron chi connectivity index (χ4n) is 7.10. The van der Waals surface area contributed by atoms with Crippen LogP contribution in [-0.2, 0) is 27.7 Å². The minimum Gasteiger partial charge on any atom is -0.480 e. The number of nitrogens with one attached hydrogen (secondary N) is 2. The van der Waals surface area contributed by atoms with E-state index in [9.17, 15) is 18.3 Å². The molecular formula is C36H45N7O4S. The Morgan fingerprint density at radius 1 is 1.08 bits per heavy atom. The number of aryl methyl sites for hydroxylation is 1. The molecular weight excluding hydrogens is 627 g/mol. The predicted molar refractivity (Wildman–Crippen MR) is 189 cm³/mol. The second-order valence-electron chi connectivity index (χ2n) is 13.6. The van der Waals surface area contributed by atoms with Gasteiger partial charge in [0.15, 0.2) is 0 Å². The maximum atomic E-state index is 14.3. The monoisotopic (exact) mass is 671 g/mol. The summed E-state index contributed by atoms with van der Waals surface area (Å²) in [6.45, 7) is 9.56. The number of sulfonamides is 1. The molecule has 6 rings (SSSR count). The summed E-state index contributed by atoms with van der Waals surface area (Å²) in [5.41, 5.74) is 2.25. The van der Waals surface area contributed by atoms with Gasteiger partial charge in [-0.3, -0.25) is 4.79 Å². The molecule has 11 nitrogen and oxygen atoms in total. The first-order valence-corrected chi connectivity index (χ1v) is 18.2. The van der Waals surface area contributed by atoms with Gasteiger partial charge in [0.05, 0.1) is 4.90 Å². The molecule has 3 N–H and O–H groups in total. The van der Waals surface area contributed by atoms with Gasteiger partial charge >= 0.3 is 5.97 Å². The zero-order chi connectivity index (χ0) is 34.1. The first kappa shape index (κ1) is 33.6. The molecule has 2 aromatic carbocycles. The van der Waals surface area contributed by atoms with Gasteiger partial charge in [-0.15, -0.1) is 0 Å². The van der Waals surface area contributed by atoms with Crippen molar-refractivity contribution in [1.29, 1.82) is 0 Å². The third-order valence-electron chi connectivity index (χ3n) is 9.38. The van der Waals surface area contributed by atoms with E-state index in [1.807, 2.05) is 25.1 Å². The van der Waals surface area contributed by atoms with Gasteiger partial charge in [-0.1, -0.05) is 49.4 Å². The standard InChI is InChI=1S/C36H45N7O4S/c1-5-27-33(39-23-40-34(27)42-20-17-25(18-21-42)29-16-15-26-12-9-19-37-32(26)41-29)38-22-30(35(44)45)43(36(2,3)4)48(46,47)31-14-8-11-24-10-6-7-13-28(24)31/h6-8,10-11,13-16,23,25,30H,5,9,12,17-22H2,1-4H3,(H,37,41)(H,44,45)(H,38,39,40)/t30-/m0/s1. The van der Waals surface area contributed by atoms with Crippen LogP contribution in [0.15, 0.2) is 65.8 Å². The quantitative estimate of drug-likeness (QED) is 0.193. The number of carboxylic acids is 1. The molecule has 4 heterocycles. The average Bonchev–Trinajstić information content (AvgIpc) is 3.08. The number of aromatic nitrogens is 3. The third-order valence-corrected chi connectivity index (χ3v) is 11.6. The number of pyridine rings is 1. The highest BCUT2D eigenvalue weighted by Gasteiger charge is 2.43. The van der Waals surface area contributed by atoms with Gasteiger partial charge in [-0.2, -0.15) is 4.31 Å². The summed E-state index contributed by atoms with van der Waals surface area (Å²) in [7, 11) is -4.25. The normalized spacial score (nSPS) is 16.4. The first-order valence-electron chi connectivity index (χ1n) is 16.8. The Morgan fingerprint density at radius 2 is 1.83 bits per heavy atom. The lowest BCUT2D eigenvalue weighted by molar-refractivity contribution is -0.142. The summed E-state index contributed by atoms with van der Waals surface area (Å²) in [6.07, 6.45) is 6.19. The van der Waals surface area contributed by atoms with Crippen LogP contribution < -0.4 is 15.5 Å². The fraction of sp³-hybridized carbons (Fsp3) is 0.444. The van der Waals surface area contributed by atoms with Gasteiger partial charge in [0.1, 0.15) is 29.8 Å². The van der Waals surface area contributed by atoms with Crippen molar-refractivity contribution in [2.45, 2.75) is 82.2 Å². The largest absolute Gasteiger partial charge is 0.480 e. The summed E-state index contributed by atoms with van der Waals surface area (Å²) >= 11 is 0. The van der Waals surface area contributed by atoms with Crippen molar-refractivity contribution in [2.24, 2.45) is 0 Å². The summed E-state index contributed by atoms with van der Waals surface area (Å²) in [5, 5.41) is 18.5. The summed E-state index contributed by atoms with van der Waals surface area (Å²) in [6, 6.07) is 15.3. The molecule has 2 aliphatic rings. The van der Waals surface area contributed by atoms with E-state index in [2.05, 4.69) is 37.6 Å². The molecule has 0 bridgehead atoms. The number of hydrogen-bond donors (Lipinski definition) is 3. The van der Waals surface area contributed by atoms with Crippen LogP contribution in [-0.4, -0.2) is 76.5 Å². The summed E-state index contributed by atoms with van der Waals surface area (Å²) in [4.78, 5) is 29.3. The van der Waals surface area contributed by atoms with Crippen LogP contribution in [0.3, 0.4) is 0 Å². The van der Waals surface area contributed by atoms with Crippen LogP contribution in [0.4, 0.5) is 17.5 Å². The second kappa shape index (κ2) is 13.7. The molecule has 0 aliphatic carbocycles. The average molecular weight is 672 g/mol. The number of fused-ring (bicyclic) bond motifs is 2. The number of carbonyl (C=O) groups is 1. The summed E-state index contributed by atoms with van der Waals surface area (Å²) in [5.74, 6) is 1.46. The smallest absolute Gasteiger partial charge is 0.323 e. The van der Waals surface area contributed by atoms with Gasteiger partial charge in [-0.05, 0) is 76.0 Å². The highest BCUT2D eigenvalue weighted by atomic mass is 32.2. The lowest BCUT2D eigenvalue weighted by atomic mass is 9.92. The maximum Gasteiger partial charge on any atom is 0.323 e. The van der Waals surface area contributed by atoms with Crippen molar-refractivity contribution >= 4 is 44.2 Å². The van der Waals surface area contributed by atoms with Crippen molar-refractivity contribution in [1.82, 2.24) is 19.3 Å². The number of nitrogens with zero attached hydrogens (tertiary/aromatic N) is 5. The van der Waals surface area contributed by atoms with Crippen molar-refractivity contribution in [3.63, 3.8) is 0 Å². The molecule has 0 saturated carbocycles. The molecule has 4 aromatic rings. The molecule has 0 unspecified atom stereocenters. The molecule has 0 amide bonds. The number of aliphatic carboxylic acids is 1. The van der Waals surface area contributed by atoms with E-state index in [4.69, 9.17) is 4.98 Å². The van der Waals surface area contributed by atoms with Crippen LogP contribution in [0.1, 0.15) is 69.7 Å². The minimum atomic E-state index is -4.25. The van der Waals surface area contributed by atoms with Crippen LogP contribution in [0, 0.1) is 0 Å². The minimum absolute atomic E-state index is 0.0746. The molecule has 1 fully saturated rings. The predicted octanol–water partition coefficient (Wildman–Crippen LogP) is 5.68. The lowest BCUT2D eigenvalue weighted by Gasteiger charge is -2.39. The van der Waals surface area contributed by atoms with Gasteiger partial charge in [-0.25, -0.2) is 23.4 Å². The number of benzene rings is 2. The number of carboxylic acid groups (broad SMARTS) is 1. The van der Waals surface area contributed by atoms with E-state index in [-0.39, 0.29) is 11.4 Å². The van der Waals surface area contributed by atoms with E-state index >= 15 is 0 Å². The van der Waals surface area contributed by atoms with Crippen molar-refractivity contribution in [2.75, 3.05) is 41.7 Å². The molecule has 48 heavy (non-hydrogen) atoms. The topological polar surface area (TPSA) is 141 Å². The number of anilines is 3. The molecule has 12 heteroatoms. The molecule has 1 saturated heterocycles. The Labute approximate surface area is 282 Å². The van der Waals surface area contributed by atoms with Crippen LogP contribution >= 0.6 is 0 Å². The SMILES string of the molecule is CCc1c(NC[C@@H](C(=O)O)N(C(C)(C)C)S(=O)(=O)c2cccc3ccccc23)ncnc1N1CCC(c2ccc3c(n2)NCCC3)CC1. The molecule has 0 radical (unpaired) electrons. The molecule has 1 atom stereocenters. The lowest BCUT2D eigenvalue weighted by Crippen LogP contribution is -2.57. The number of hydrogen-bond acceptors (Lipinski definition) is 9. The molecule has 2 aromatic heterocycles. The second-order valence-corrected chi connectivity index (χ2v) is 15.4. The van der Waals surface area contributed by atoms with E-state index in [1.165, 1.54) is 18.0 Å². The van der Waals surface area contributed by atoms with E-state index in [1.54, 1.807) is 39.0 Å². The van der Waals surface area contributed by atoms with Crippen LogP contribution in [0.2, 0.25) is 0 Å². The number of piperidine rings is 1. The van der Waals surface area contributed by atoms with Crippen LogP contribution in [0.5, 0.6) is 0 Å². The van der Waals surface area contributed by atoms with E-state index < -0.39 is 27.6 Å². The fourth-order valence-corrected chi connectivity index (χ4v) is 9.24. The summed E-state index contributed by atoms with van der Waals surface area (Å²) < 4.78 is 29.8. The van der Waals surface area contributed by atoms with Crippen LogP contribution in [0.25, 0.3) is 10.8 Å². The van der Waals surface area contributed by atoms with Gasteiger partial charge in [0, 0.05) is 54.3 Å². The van der Waals surface area contributed by atoms with Gasteiger partial charge in [0.25, 0.3) is 0 Å². The van der Waals surface area contributed by atoms with Crippen molar-refractivity contribution in [3.8, 4) is 0 Å². The van der Waals surface area contributed by atoms with Gasteiger partial charge < -0.3 is 20.6 Å². The Bertz CT molecular complexity index is 1900. The number of rotatable bonds is 10. The third kappa shape index (κ3) is 6.68. The zero-order valence-electron chi connectivity index (χ0n) is 28.1. The Kier molecular flexibility index (Phi) is 9.57. The molecule has 0 spiro atoms. The molecule has 2 aliphatic heterocycles. The Morgan fingerprint density at radius 3 is 2.56 bits per heavy atom. The Balaban J connectivity index is 1.22. The highest BCUT2D eigenvalue weighted by Crippen LogP contribution is 2.35. The van der Waals surface area contributed by atoms with Gasteiger partial charge in [0.2, 0.25) is 10.0 Å². The van der Waals surface area contributed by atoms with E-state index in [0.717, 1.165) is 77.9 Å². The van der Waals surface area contributed by atoms with E-state index in [0.29, 0.717) is 23.5 Å². The first-order chi connectivity index (χ1) is 23.0. The molecule has 254 valence electrons. The van der Waals surface area contributed by atoms with Crippen molar-refractivity contribution in [3.05, 3.63) is 77.7 Å². The Hall–Kier alpha value is -4.29. The zero-order valence-corrected chi connectivity index (χ0v) is 28.9.